The Morgan fingerprint density at radius 1 is 1.43 bits per heavy atom. The van der Waals surface area contributed by atoms with E-state index in [4.69, 9.17) is 4.74 Å². The number of carboxylic acids is 1. The predicted molar refractivity (Wildman–Crippen MR) is 82.0 cm³/mol. The van der Waals surface area contributed by atoms with Gasteiger partial charge in [-0.3, -0.25) is 4.79 Å². The van der Waals surface area contributed by atoms with Crippen molar-refractivity contribution in [2.45, 2.75) is 31.2 Å². The van der Waals surface area contributed by atoms with E-state index in [1.54, 1.807) is 13.0 Å². The second-order valence-electron chi connectivity index (χ2n) is 4.83. The van der Waals surface area contributed by atoms with E-state index in [0.29, 0.717) is 4.47 Å². The summed E-state index contributed by atoms with van der Waals surface area (Å²) >= 11 is 3.21. The number of sulfonamides is 1. The van der Waals surface area contributed by atoms with E-state index in [-0.39, 0.29) is 17.2 Å². The van der Waals surface area contributed by atoms with Gasteiger partial charge in [-0.15, -0.1) is 0 Å². The third-order valence-electron chi connectivity index (χ3n) is 3.13. The van der Waals surface area contributed by atoms with Crippen molar-refractivity contribution in [3.8, 4) is 5.75 Å². The Balaban J connectivity index is 3.52. The molecular formula is C13H18BrNO5S. The van der Waals surface area contributed by atoms with Crippen molar-refractivity contribution in [3.63, 3.8) is 0 Å². The van der Waals surface area contributed by atoms with Gasteiger partial charge >= 0.3 is 5.97 Å². The van der Waals surface area contributed by atoms with Gasteiger partial charge in [0, 0.05) is 11.0 Å². The minimum Gasteiger partial charge on any atom is -0.495 e. The molecule has 0 saturated heterocycles. The van der Waals surface area contributed by atoms with Crippen LogP contribution in [0, 0.1) is 0 Å². The van der Waals surface area contributed by atoms with Crippen LogP contribution in [0.25, 0.3) is 0 Å². The number of nitrogens with zero attached hydrogens (tertiary/aromatic N) is 1. The fourth-order valence-electron chi connectivity index (χ4n) is 1.94. The summed E-state index contributed by atoms with van der Waals surface area (Å²) in [6, 6.07) is 4.56. The molecule has 0 fully saturated rings. The van der Waals surface area contributed by atoms with Gasteiger partial charge < -0.3 is 9.84 Å². The van der Waals surface area contributed by atoms with E-state index < -0.39 is 21.5 Å². The molecule has 0 bridgehead atoms. The fourth-order valence-corrected chi connectivity index (χ4v) is 4.39. The van der Waals surface area contributed by atoms with Crippen LogP contribution in [0.5, 0.6) is 5.75 Å². The van der Waals surface area contributed by atoms with Crippen molar-refractivity contribution in [2.75, 3.05) is 13.7 Å². The Morgan fingerprint density at radius 2 is 2.00 bits per heavy atom. The highest BCUT2D eigenvalue weighted by Crippen LogP contribution is 2.32. The second-order valence-corrected chi connectivity index (χ2v) is 7.58. The van der Waals surface area contributed by atoms with Crippen LogP contribution < -0.4 is 4.74 Å². The van der Waals surface area contributed by atoms with Crippen LogP contribution >= 0.6 is 15.9 Å². The summed E-state index contributed by atoms with van der Waals surface area (Å²) in [4.78, 5) is 11.3. The average Bonchev–Trinajstić information content (AvgIpc) is 2.38. The van der Waals surface area contributed by atoms with Crippen molar-refractivity contribution in [1.82, 2.24) is 4.31 Å². The van der Waals surface area contributed by atoms with E-state index >= 15 is 0 Å². The van der Waals surface area contributed by atoms with Gasteiger partial charge in [0.25, 0.3) is 0 Å². The van der Waals surface area contributed by atoms with E-state index in [0.717, 1.165) is 4.31 Å². The zero-order valence-corrected chi connectivity index (χ0v) is 14.7. The van der Waals surface area contributed by atoms with Crippen LogP contribution in [0.2, 0.25) is 0 Å². The van der Waals surface area contributed by atoms with Gasteiger partial charge in [-0.1, -0.05) is 22.9 Å². The van der Waals surface area contributed by atoms with Crippen molar-refractivity contribution in [2.24, 2.45) is 0 Å². The lowest BCUT2D eigenvalue weighted by Gasteiger charge is -2.33. The molecule has 0 radical (unpaired) electrons. The normalized spacial score (nSPS) is 12.5. The maximum Gasteiger partial charge on any atom is 0.324 e. The maximum atomic E-state index is 12.8. The Kier molecular flexibility index (Phi) is 5.40. The summed E-state index contributed by atoms with van der Waals surface area (Å²) in [7, 11) is -2.66. The van der Waals surface area contributed by atoms with Gasteiger partial charge in [0.05, 0.1) is 7.11 Å². The summed E-state index contributed by atoms with van der Waals surface area (Å²) in [5, 5.41) is 9.29. The van der Waals surface area contributed by atoms with Crippen LogP contribution in [0.3, 0.4) is 0 Å². The highest BCUT2D eigenvalue weighted by atomic mass is 79.9. The van der Waals surface area contributed by atoms with Crippen molar-refractivity contribution in [3.05, 3.63) is 22.7 Å². The van der Waals surface area contributed by atoms with Crippen LogP contribution in [0.1, 0.15) is 20.8 Å². The standard InChI is InChI=1S/C13H18BrNO5S/c1-5-15(13(2,3)12(16)17)21(18,19)11-8-9(14)6-7-10(11)20-4/h6-8H,5H2,1-4H3,(H,16,17). The SMILES string of the molecule is CCN(C(C)(C)C(=O)O)S(=O)(=O)c1cc(Br)ccc1OC. The molecule has 6 nitrogen and oxygen atoms in total. The molecule has 1 N–H and O–H groups in total. The van der Waals surface area contributed by atoms with E-state index in [2.05, 4.69) is 15.9 Å². The molecule has 8 heteroatoms. The molecule has 0 aromatic heterocycles. The van der Waals surface area contributed by atoms with Crippen molar-refractivity contribution >= 4 is 31.9 Å². The zero-order chi connectivity index (χ0) is 16.4. The van der Waals surface area contributed by atoms with Gasteiger partial charge in [0.1, 0.15) is 16.2 Å². The summed E-state index contributed by atoms with van der Waals surface area (Å²) in [6.07, 6.45) is 0. The van der Waals surface area contributed by atoms with Crippen molar-refractivity contribution in [1.29, 1.82) is 0 Å². The first-order chi connectivity index (χ1) is 9.58. The summed E-state index contributed by atoms with van der Waals surface area (Å²) in [5.41, 5.74) is -1.57. The molecule has 0 spiro atoms. The molecule has 21 heavy (non-hydrogen) atoms. The second kappa shape index (κ2) is 6.33. The summed E-state index contributed by atoms with van der Waals surface area (Å²) in [5.74, 6) is -1.06. The number of carbonyl (C=O) groups is 1. The molecule has 0 heterocycles. The Morgan fingerprint density at radius 3 is 2.43 bits per heavy atom. The number of methoxy groups -OCH3 is 1. The van der Waals surface area contributed by atoms with Gasteiger partial charge in [-0.2, -0.15) is 4.31 Å². The van der Waals surface area contributed by atoms with E-state index in [1.807, 2.05) is 0 Å². The molecule has 0 aliphatic carbocycles. The third-order valence-corrected chi connectivity index (χ3v) is 5.79. The number of likely N-dealkylation sites (N-methyl/N-ethyl adjacent to an activating group) is 1. The minimum atomic E-state index is -4.02. The number of carboxylic acid groups (broad SMARTS) is 1. The smallest absolute Gasteiger partial charge is 0.324 e. The lowest BCUT2D eigenvalue weighted by Crippen LogP contribution is -2.52. The average molecular weight is 380 g/mol. The third kappa shape index (κ3) is 3.38. The lowest BCUT2D eigenvalue weighted by molar-refractivity contribution is -0.146. The van der Waals surface area contributed by atoms with Crippen molar-refractivity contribution < 1.29 is 23.1 Å². The predicted octanol–water partition coefficient (Wildman–Crippen LogP) is 2.33. The molecule has 0 aliphatic heterocycles. The number of aliphatic carboxylic acids is 1. The molecule has 118 valence electrons. The molecule has 0 atom stereocenters. The fraction of sp³-hybridized carbons (Fsp3) is 0.462. The molecule has 0 unspecified atom stereocenters. The highest BCUT2D eigenvalue weighted by Gasteiger charge is 2.42. The minimum absolute atomic E-state index is 0.0251. The van der Waals surface area contributed by atoms with Gasteiger partial charge in [-0.25, -0.2) is 8.42 Å². The quantitative estimate of drug-likeness (QED) is 0.819. The molecule has 1 rings (SSSR count). The van der Waals surface area contributed by atoms with Gasteiger partial charge in [-0.05, 0) is 32.0 Å². The van der Waals surface area contributed by atoms with Crippen LogP contribution in [0.15, 0.2) is 27.6 Å². The molecular weight excluding hydrogens is 362 g/mol. The van der Waals surface area contributed by atoms with Crippen LogP contribution in [-0.2, 0) is 14.8 Å². The number of hydrogen-bond acceptors (Lipinski definition) is 4. The first-order valence-corrected chi connectivity index (χ1v) is 8.42. The van der Waals surface area contributed by atoms with E-state index in [1.165, 1.54) is 33.1 Å². The molecule has 0 amide bonds. The number of hydrogen-bond donors (Lipinski definition) is 1. The molecule has 1 aromatic carbocycles. The van der Waals surface area contributed by atoms with Crippen LogP contribution in [0.4, 0.5) is 0 Å². The van der Waals surface area contributed by atoms with Crippen LogP contribution in [-0.4, -0.2) is 43.0 Å². The summed E-state index contributed by atoms with van der Waals surface area (Å²) in [6.45, 7) is 4.31. The highest BCUT2D eigenvalue weighted by molar-refractivity contribution is 9.10. The number of ether oxygens (including phenoxy) is 1. The first kappa shape index (κ1) is 17.9. The van der Waals surface area contributed by atoms with E-state index in [9.17, 15) is 18.3 Å². The topological polar surface area (TPSA) is 83.9 Å². The zero-order valence-electron chi connectivity index (χ0n) is 12.3. The Hall–Kier alpha value is -1.12. The largest absolute Gasteiger partial charge is 0.495 e. The summed E-state index contributed by atoms with van der Waals surface area (Å²) < 4.78 is 32.2. The molecule has 1 aromatic rings. The lowest BCUT2D eigenvalue weighted by atomic mass is 10.1. The maximum absolute atomic E-state index is 12.8. The molecule has 0 saturated carbocycles. The Labute approximate surface area is 132 Å². The van der Waals surface area contributed by atoms with Gasteiger partial charge in [0.2, 0.25) is 10.0 Å². The number of halogens is 1. The molecule has 0 aliphatic rings. The monoisotopic (exact) mass is 379 g/mol. The number of benzene rings is 1. The first-order valence-electron chi connectivity index (χ1n) is 6.18. The van der Waals surface area contributed by atoms with Gasteiger partial charge in [0.15, 0.2) is 0 Å². The Bertz CT molecular complexity index is 642. The number of rotatable bonds is 6.